The third kappa shape index (κ3) is 2.61. The van der Waals surface area contributed by atoms with Crippen molar-refractivity contribution in [1.29, 1.82) is 0 Å². The summed E-state index contributed by atoms with van der Waals surface area (Å²) in [5.74, 6) is 2.15. The fourth-order valence-electron chi connectivity index (χ4n) is 3.66. The lowest BCUT2D eigenvalue weighted by Crippen LogP contribution is -2.39. The minimum Gasteiger partial charge on any atom is -0.338 e. The third-order valence-electron chi connectivity index (χ3n) is 4.99. The summed E-state index contributed by atoms with van der Waals surface area (Å²) in [4.78, 5) is 7.19. The Bertz CT molecular complexity index is 433. The Morgan fingerprint density at radius 3 is 2.70 bits per heavy atom. The molecule has 20 heavy (non-hydrogen) atoms. The van der Waals surface area contributed by atoms with Crippen molar-refractivity contribution in [3.8, 4) is 0 Å². The van der Waals surface area contributed by atoms with E-state index >= 15 is 0 Å². The van der Waals surface area contributed by atoms with Crippen LogP contribution in [-0.4, -0.2) is 40.7 Å². The first-order chi connectivity index (χ1) is 9.69. The van der Waals surface area contributed by atoms with E-state index in [4.69, 9.17) is 4.52 Å². The molecule has 0 saturated carbocycles. The van der Waals surface area contributed by atoms with Crippen molar-refractivity contribution in [1.82, 2.24) is 20.4 Å². The van der Waals surface area contributed by atoms with Gasteiger partial charge in [0.05, 0.1) is 6.04 Å². The first-order valence-corrected chi connectivity index (χ1v) is 7.97. The lowest BCUT2D eigenvalue weighted by molar-refractivity contribution is 0.157. The van der Waals surface area contributed by atoms with Crippen molar-refractivity contribution in [3.05, 3.63) is 11.7 Å². The van der Waals surface area contributed by atoms with Crippen molar-refractivity contribution in [3.63, 3.8) is 0 Å². The topological polar surface area (TPSA) is 54.2 Å². The monoisotopic (exact) mass is 278 g/mol. The van der Waals surface area contributed by atoms with Crippen molar-refractivity contribution in [2.75, 3.05) is 13.6 Å². The van der Waals surface area contributed by atoms with Crippen molar-refractivity contribution >= 4 is 0 Å². The summed E-state index contributed by atoms with van der Waals surface area (Å²) >= 11 is 0. The second-order valence-electron chi connectivity index (χ2n) is 6.39. The molecular weight excluding hydrogens is 252 g/mol. The number of aromatic nitrogens is 2. The molecule has 2 saturated heterocycles. The molecule has 3 rings (SSSR count). The highest BCUT2D eigenvalue weighted by Gasteiger charge is 2.40. The fraction of sp³-hybridized carbons (Fsp3) is 0.867. The van der Waals surface area contributed by atoms with E-state index in [1.807, 2.05) is 0 Å². The predicted octanol–water partition coefficient (Wildman–Crippen LogP) is 2.47. The summed E-state index contributed by atoms with van der Waals surface area (Å²) in [6.07, 6.45) is 6.14. The van der Waals surface area contributed by atoms with Crippen molar-refractivity contribution in [2.45, 2.75) is 70.0 Å². The largest absolute Gasteiger partial charge is 0.338 e. The normalized spacial score (nSPS) is 31.6. The molecule has 1 N–H and O–H groups in total. The van der Waals surface area contributed by atoms with E-state index in [-0.39, 0.29) is 6.04 Å². The maximum atomic E-state index is 5.46. The average molecular weight is 278 g/mol. The van der Waals surface area contributed by atoms with Crippen LogP contribution in [0.1, 0.15) is 69.6 Å². The van der Waals surface area contributed by atoms with Gasteiger partial charge in [-0.2, -0.15) is 4.98 Å². The molecule has 0 aromatic carbocycles. The number of rotatable bonds is 5. The summed E-state index contributed by atoms with van der Waals surface area (Å²) in [6.45, 7) is 5.23. The van der Waals surface area contributed by atoms with Gasteiger partial charge in [-0.25, -0.2) is 0 Å². The molecule has 0 amide bonds. The summed E-state index contributed by atoms with van der Waals surface area (Å²) < 4.78 is 5.46. The Balaban J connectivity index is 1.65. The molecule has 0 radical (unpaired) electrons. The van der Waals surface area contributed by atoms with Gasteiger partial charge in [0.15, 0.2) is 5.82 Å². The van der Waals surface area contributed by atoms with E-state index in [9.17, 15) is 0 Å². The highest BCUT2D eigenvalue weighted by atomic mass is 16.5. The maximum absolute atomic E-state index is 5.46. The smallest absolute Gasteiger partial charge is 0.243 e. The van der Waals surface area contributed by atoms with Gasteiger partial charge in [-0.15, -0.1) is 0 Å². The molecule has 5 nitrogen and oxygen atoms in total. The fourth-order valence-corrected chi connectivity index (χ4v) is 3.66. The third-order valence-corrected chi connectivity index (χ3v) is 4.99. The summed E-state index contributed by atoms with van der Waals surface area (Å²) in [7, 11) is 2.26. The maximum Gasteiger partial charge on any atom is 0.243 e. The molecule has 112 valence electrons. The molecule has 3 heterocycles. The molecule has 2 aliphatic rings. The zero-order chi connectivity index (χ0) is 14.1. The number of nitrogens with zero attached hydrogens (tertiary/aromatic N) is 3. The van der Waals surface area contributed by atoms with Gasteiger partial charge in [0.25, 0.3) is 0 Å². The van der Waals surface area contributed by atoms with Crippen LogP contribution in [0.15, 0.2) is 4.52 Å². The van der Waals surface area contributed by atoms with Crippen LogP contribution in [-0.2, 0) is 0 Å². The first kappa shape index (κ1) is 14.0. The molecule has 5 heteroatoms. The summed E-state index contributed by atoms with van der Waals surface area (Å²) in [5.41, 5.74) is 0. The Morgan fingerprint density at radius 1 is 1.35 bits per heavy atom. The van der Waals surface area contributed by atoms with Crippen LogP contribution in [0.5, 0.6) is 0 Å². The molecule has 0 aliphatic carbocycles. The quantitative estimate of drug-likeness (QED) is 0.896. The van der Waals surface area contributed by atoms with Crippen molar-refractivity contribution in [2.24, 2.45) is 0 Å². The van der Waals surface area contributed by atoms with Gasteiger partial charge >= 0.3 is 0 Å². The predicted molar refractivity (Wildman–Crippen MR) is 77.6 cm³/mol. The van der Waals surface area contributed by atoms with Crippen LogP contribution < -0.4 is 5.32 Å². The Labute approximate surface area is 121 Å². The standard InChI is InChI=1S/C15H26N4O/c1-4-7-16-10(2)15-17-14(18-20-15)11-8-12-5-6-13(9-11)19(12)3/h10-13,16H,4-9H2,1-3H3. The highest BCUT2D eigenvalue weighted by molar-refractivity contribution is 5.06. The van der Waals surface area contributed by atoms with E-state index < -0.39 is 0 Å². The van der Waals surface area contributed by atoms with E-state index in [1.54, 1.807) is 0 Å². The van der Waals surface area contributed by atoms with Crippen LogP contribution in [0.2, 0.25) is 0 Å². The number of piperidine rings is 1. The molecule has 2 fully saturated rings. The number of nitrogens with one attached hydrogen (secondary N) is 1. The van der Waals surface area contributed by atoms with Gasteiger partial charge in [0.2, 0.25) is 5.89 Å². The number of hydrogen-bond acceptors (Lipinski definition) is 5. The molecule has 2 aliphatic heterocycles. The summed E-state index contributed by atoms with van der Waals surface area (Å²) in [6, 6.07) is 1.59. The van der Waals surface area contributed by atoms with Crippen LogP contribution in [0, 0.1) is 0 Å². The van der Waals surface area contributed by atoms with Gasteiger partial charge in [0.1, 0.15) is 0 Å². The SMILES string of the molecule is CCCNC(C)c1nc(C2CC3CCC(C2)N3C)no1. The minimum absolute atomic E-state index is 0.152. The van der Waals surface area contributed by atoms with Crippen LogP contribution in [0.4, 0.5) is 0 Å². The zero-order valence-corrected chi connectivity index (χ0v) is 12.8. The molecule has 3 atom stereocenters. The molecule has 2 bridgehead atoms. The Hall–Kier alpha value is -0.940. The lowest BCUT2D eigenvalue weighted by atomic mass is 9.90. The van der Waals surface area contributed by atoms with E-state index in [0.717, 1.165) is 36.8 Å². The minimum atomic E-state index is 0.152. The van der Waals surface area contributed by atoms with Crippen LogP contribution in [0.3, 0.4) is 0 Å². The van der Waals surface area contributed by atoms with Gasteiger partial charge in [0, 0.05) is 18.0 Å². The molecule has 3 unspecified atom stereocenters. The van der Waals surface area contributed by atoms with E-state index in [2.05, 4.69) is 41.3 Å². The number of hydrogen-bond donors (Lipinski definition) is 1. The Morgan fingerprint density at radius 2 is 2.05 bits per heavy atom. The number of fused-ring (bicyclic) bond motifs is 2. The second kappa shape index (κ2) is 5.82. The Kier molecular flexibility index (Phi) is 4.08. The van der Waals surface area contributed by atoms with Gasteiger partial charge < -0.3 is 14.7 Å². The molecular formula is C15H26N4O. The molecule has 1 aromatic heterocycles. The second-order valence-corrected chi connectivity index (χ2v) is 6.39. The first-order valence-electron chi connectivity index (χ1n) is 7.97. The van der Waals surface area contributed by atoms with E-state index in [0.29, 0.717) is 5.92 Å². The van der Waals surface area contributed by atoms with E-state index in [1.165, 1.54) is 25.7 Å². The lowest BCUT2D eigenvalue weighted by Gasteiger charge is -2.34. The van der Waals surface area contributed by atoms with Crippen molar-refractivity contribution < 1.29 is 4.52 Å². The average Bonchev–Trinajstić information content (AvgIpc) is 2.99. The molecule has 0 spiro atoms. The van der Waals surface area contributed by atoms with Crippen LogP contribution in [0.25, 0.3) is 0 Å². The zero-order valence-electron chi connectivity index (χ0n) is 12.8. The van der Waals surface area contributed by atoms with Gasteiger partial charge in [-0.1, -0.05) is 12.1 Å². The molecule has 1 aromatic rings. The van der Waals surface area contributed by atoms with Gasteiger partial charge in [-0.3, -0.25) is 0 Å². The van der Waals surface area contributed by atoms with Crippen LogP contribution >= 0.6 is 0 Å². The highest BCUT2D eigenvalue weighted by Crippen LogP contribution is 2.41. The summed E-state index contributed by atoms with van der Waals surface area (Å²) in [5, 5.41) is 7.64. The van der Waals surface area contributed by atoms with Gasteiger partial charge in [-0.05, 0) is 52.6 Å².